The van der Waals surface area contributed by atoms with Crippen molar-refractivity contribution in [3.05, 3.63) is 30.1 Å². The minimum absolute atomic E-state index is 0.0719. The van der Waals surface area contributed by atoms with E-state index in [0.29, 0.717) is 18.3 Å². The van der Waals surface area contributed by atoms with Crippen LogP contribution in [0.3, 0.4) is 0 Å². The number of hydrogen-bond donors (Lipinski definition) is 0. The summed E-state index contributed by atoms with van der Waals surface area (Å²) in [5, 5.41) is 0. The highest BCUT2D eigenvalue weighted by molar-refractivity contribution is 5.69. The third-order valence-corrected chi connectivity index (χ3v) is 3.71. The molecule has 0 atom stereocenters. The second-order valence-corrected chi connectivity index (χ2v) is 4.78. The lowest BCUT2D eigenvalue weighted by molar-refractivity contribution is -0.142. The van der Waals surface area contributed by atoms with Gasteiger partial charge in [0.1, 0.15) is 0 Å². The van der Waals surface area contributed by atoms with E-state index in [2.05, 4.69) is 17.1 Å². The molecule has 0 aliphatic heterocycles. The van der Waals surface area contributed by atoms with Gasteiger partial charge in [-0.2, -0.15) is 0 Å². The topological polar surface area (TPSA) is 39.2 Å². The molecule has 3 heteroatoms. The Labute approximate surface area is 102 Å². The fraction of sp³-hybridized carbons (Fsp3) is 0.571. The van der Waals surface area contributed by atoms with Crippen LogP contribution in [0, 0.1) is 5.92 Å². The first kappa shape index (κ1) is 12.1. The number of esters is 1. The number of ether oxygens (including phenoxy) is 1. The molecule has 17 heavy (non-hydrogen) atoms. The summed E-state index contributed by atoms with van der Waals surface area (Å²) in [6.45, 7) is 0. The van der Waals surface area contributed by atoms with E-state index in [1.54, 1.807) is 0 Å². The maximum absolute atomic E-state index is 11.2. The lowest BCUT2D eigenvalue weighted by Gasteiger charge is -2.28. The van der Waals surface area contributed by atoms with Crippen LogP contribution in [0.2, 0.25) is 0 Å². The van der Waals surface area contributed by atoms with Crippen molar-refractivity contribution in [2.45, 2.75) is 38.0 Å². The third-order valence-electron chi connectivity index (χ3n) is 3.71. The number of rotatable bonds is 3. The molecule has 1 heterocycles. The second-order valence-electron chi connectivity index (χ2n) is 4.78. The Hall–Kier alpha value is -1.38. The number of hydrogen-bond acceptors (Lipinski definition) is 3. The molecule has 1 aromatic heterocycles. The van der Waals surface area contributed by atoms with Crippen molar-refractivity contribution in [3.63, 3.8) is 0 Å². The van der Waals surface area contributed by atoms with Crippen LogP contribution in [0.4, 0.5) is 0 Å². The monoisotopic (exact) mass is 233 g/mol. The lowest BCUT2D eigenvalue weighted by Crippen LogP contribution is -2.17. The summed E-state index contributed by atoms with van der Waals surface area (Å²) >= 11 is 0. The lowest BCUT2D eigenvalue weighted by atomic mass is 9.78. The van der Waals surface area contributed by atoms with Gasteiger partial charge in [0, 0.05) is 18.8 Å². The highest BCUT2D eigenvalue weighted by atomic mass is 16.5. The van der Waals surface area contributed by atoms with E-state index in [0.717, 1.165) is 12.8 Å². The van der Waals surface area contributed by atoms with Crippen LogP contribution < -0.4 is 0 Å². The van der Waals surface area contributed by atoms with Crippen LogP contribution >= 0.6 is 0 Å². The summed E-state index contributed by atoms with van der Waals surface area (Å²) in [5.74, 6) is 1.09. The van der Waals surface area contributed by atoms with Gasteiger partial charge in [-0.1, -0.05) is 0 Å². The molecule has 0 bridgehead atoms. The van der Waals surface area contributed by atoms with Crippen molar-refractivity contribution < 1.29 is 9.53 Å². The predicted octanol–water partition coefficient (Wildman–Crippen LogP) is 2.92. The van der Waals surface area contributed by atoms with Gasteiger partial charge in [0.15, 0.2) is 0 Å². The average molecular weight is 233 g/mol. The standard InChI is InChI=1S/C14H19NO2/c1-17-14(16)10-11-2-4-12(5-3-11)13-6-8-15-9-7-13/h6-9,11-12H,2-5,10H2,1H3/t11-,12-. The Morgan fingerprint density at radius 2 is 1.94 bits per heavy atom. The quantitative estimate of drug-likeness (QED) is 0.753. The van der Waals surface area contributed by atoms with Gasteiger partial charge in [-0.25, -0.2) is 0 Å². The molecule has 0 radical (unpaired) electrons. The van der Waals surface area contributed by atoms with Crippen molar-refractivity contribution in [1.29, 1.82) is 0 Å². The first-order valence-electron chi connectivity index (χ1n) is 6.26. The molecule has 2 rings (SSSR count). The Morgan fingerprint density at radius 1 is 1.29 bits per heavy atom. The molecule has 0 N–H and O–H groups in total. The fourth-order valence-corrected chi connectivity index (χ4v) is 2.65. The molecule has 0 spiro atoms. The van der Waals surface area contributed by atoms with Gasteiger partial charge in [-0.3, -0.25) is 9.78 Å². The Kier molecular flexibility index (Phi) is 4.13. The minimum atomic E-state index is -0.0719. The molecular weight excluding hydrogens is 214 g/mol. The number of carbonyl (C=O) groups is 1. The van der Waals surface area contributed by atoms with E-state index >= 15 is 0 Å². The molecule has 1 fully saturated rings. The molecule has 1 aromatic rings. The number of pyridine rings is 1. The predicted molar refractivity (Wildman–Crippen MR) is 65.6 cm³/mol. The van der Waals surface area contributed by atoms with Gasteiger partial charge in [0.25, 0.3) is 0 Å². The number of aromatic nitrogens is 1. The zero-order chi connectivity index (χ0) is 12.1. The first-order valence-corrected chi connectivity index (χ1v) is 6.26. The molecule has 3 nitrogen and oxygen atoms in total. The summed E-state index contributed by atoms with van der Waals surface area (Å²) in [7, 11) is 1.46. The molecular formula is C14H19NO2. The van der Waals surface area contributed by atoms with Gasteiger partial charge < -0.3 is 4.74 Å². The smallest absolute Gasteiger partial charge is 0.305 e. The molecule has 0 aromatic carbocycles. The van der Waals surface area contributed by atoms with E-state index in [1.807, 2.05) is 12.4 Å². The molecule has 0 saturated heterocycles. The molecule has 0 amide bonds. The van der Waals surface area contributed by atoms with E-state index < -0.39 is 0 Å². The van der Waals surface area contributed by atoms with E-state index in [-0.39, 0.29) is 5.97 Å². The van der Waals surface area contributed by atoms with Crippen LogP contribution in [-0.2, 0) is 9.53 Å². The molecule has 1 aliphatic rings. The highest BCUT2D eigenvalue weighted by Crippen LogP contribution is 2.36. The maximum atomic E-state index is 11.2. The zero-order valence-corrected chi connectivity index (χ0v) is 10.3. The van der Waals surface area contributed by atoms with Crippen molar-refractivity contribution in [2.24, 2.45) is 5.92 Å². The van der Waals surface area contributed by atoms with E-state index in [9.17, 15) is 4.79 Å². The summed E-state index contributed by atoms with van der Waals surface area (Å²) in [6.07, 6.45) is 8.90. The van der Waals surface area contributed by atoms with Gasteiger partial charge in [-0.05, 0) is 55.2 Å². The average Bonchev–Trinajstić information content (AvgIpc) is 2.40. The van der Waals surface area contributed by atoms with Crippen LogP contribution in [0.1, 0.15) is 43.6 Å². The van der Waals surface area contributed by atoms with Gasteiger partial charge in [0.2, 0.25) is 0 Å². The van der Waals surface area contributed by atoms with Crippen LogP contribution in [-0.4, -0.2) is 18.1 Å². The summed E-state index contributed by atoms with van der Waals surface area (Å²) < 4.78 is 4.72. The molecule has 1 saturated carbocycles. The highest BCUT2D eigenvalue weighted by Gasteiger charge is 2.24. The molecule has 92 valence electrons. The summed E-state index contributed by atoms with van der Waals surface area (Å²) in [6, 6.07) is 4.20. The number of nitrogens with zero attached hydrogens (tertiary/aromatic N) is 1. The van der Waals surface area contributed by atoms with Crippen molar-refractivity contribution in [3.8, 4) is 0 Å². The third kappa shape index (κ3) is 3.29. The van der Waals surface area contributed by atoms with Crippen LogP contribution in [0.15, 0.2) is 24.5 Å². The Bertz CT molecular complexity index is 356. The van der Waals surface area contributed by atoms with E-state index in [4.69, 9.17) is 4.74 Å². The van der Waals surface area contributed by atoms with Crippen molar-refractivity contribution in [1.82, 2.24) is 4.98 Å². The van der Waals surface area contributed by atoms with Crippen molar-refractivity contribution >= 4 is 5.97 Å². The summed E-state index contributed by atoms with van der Waals surface area (Å²) in [4.78, 5) is 15.2. The van der Waals surface area contributed by atoms with Gasteiger partial charge in [0.05, 0.1) is 7.11 Å². The first-order chi connectivity index (χ1) is 8.29. The SMILES string of the molecule is COC(=O)C[C@H]1CC[C@H](c2ccncc2)CC1. The number of methoxy groups -OCH3 is 1. The minimum Gasteiger partial charge on any atom is -0.469 e. The molecule has 0 unspecified atom stereocenters. The van der Waals surface area contributed by atoms with Crippen molar-refractivity contribution in [2.75, 3.05) is 7.11 Å². The summed E-state index contributed by atoms with van der Waals surface area (Å²) in [5.41, 5.74) is 1.39. The zero-order valence-electron chi connectivity index (χ0n) is 10.3. The van der Waals surface area contributed by atoms with Gasteiger partial charge in [-0.15, -0.1) is 0 Å². The Balaban J connectivity index is 1.84. The second kappa shape index (κ2) is 5.80. The largest absolute Gasteiger partial charge is 0.469 e. The normalized spacial score (nSPS) is 24.3. The number of carbonyl (C=O) groups excluding carboxylic acids is 1. The van der Waals surface area contributed by atoms with E-state index in [1.165, 1.54) is 25.5 Å². The Morgan fingerprint density at radius 3 is 2.53 bits per heavy atom. The fourth-order valence-electron chi connectivity index (χ4n) is 2.65. The van der Waals surface area contributed by atoms with Gasteiger partial charge >= 0.3 is 5.97 Å². The van der Waals surface area contributed by atoms with Crippen LogP contribution in [0.25, 0.3) is 0 Å². The van der Waals surface area contributed by atoms with Crippen LogP contribution in [0.5, 0.6) is 0 Å². The maximum Gasteiger partial charge on any atom is 0.305 e. The molecule has 1 aliphatic carbocycles.